The van der Waals surface area contributed by atoms with E-state index in [0.717, 1.165) is 48.7 Å². The number of fused-ring (bicyclic) bond motifs is 1. The Morgan fingerprint density at radius 3 is 2.37 bits per heavy atom. The zero-order chi connectivity index (χ0) is 20.3. The Morgan fingerprint density at radius 1 is 0.767 bits per heavy atom. The Bertz CT molecular complexity index is 1040. The van der Waals surface area contributed by atoms with Gasteiger partial charge in [0.2, 0.25) is 5.95 Å². The van der Waals surface area contributed by atoms with Gasteiger partial charge in [0.1, 0.15) is 11.5 Å². The second-order valence-electron chi connectivity index (χ2n) is 7.92. The molecule has 5 rings (SSSR count). The van der Waals surface area contributed by atoms with E-state index in [4.69, 9.17) is 4.98 Å². The Kier molecular flexibility index (Phi) is 5.17. The number of hydrogen-bond acceptors (Lipinski definition) is 6. The molecule has 2 aliphatic heterocycles. The van der Waals surface area contributed by atoms with Gasteiger partial charge in [-0.3, -0.25) is 9.78 Å². The van der Waals surface area contributed by atoms with Crippen molar-refractivity contribution in [1.29, 1.82) is 0 Å². The first-order valence-electron chi connectivity index (χ1n) is 10.8. The fourth-order valence-electron chi connectivity index (χ4n) is 4.34. The van der Waals surface area contributed by atoms with Crippen molar-refractivity contribution in [3.05, 3.63) is 54.5 Å². The van der Waals surface area contributed by atoms with Crippen molar-refractivity contribution in [3.8, 4) is 0 Å². The smallest absolute Gasteiger partial charge is 0.273 e. The van der Waals surface area contributed by atoms with Crippen LogP contribution in [0.25, 0.3) is 10.8 Å². The van der Waals surface area contributed by atoms with Crippen molar-refractivity contribution in [2.75, 3.05) is 49.1 Å². The second kappa shape index (κ2) is 8.26. The highest BCUT2D eigenvalue weighted by Crippen LogP contribution is 2.22. The maximum Gasteiger partial charge on any atom is 0.273 e. The molecule has 0 N–H and O–H groups in total. The van der Waals surface area contributed by atoms with Crippen LogP contribution in [0.5, 0.6) is 0 Å². The van der Waals surface area contributed by atoms with Crippen LogP contribution in [0.1, 0.15) is 29.8 Å². The number of benzene rings is 1. The quantitative estimate of drug-likeness (QED) is 0.671. The van der Waals surface area contributed by atoms with Gasteiger partial charge >= 0.3 is 0 Å². The minimum atomic E-state index is 0.00291. The van der Waals surface area contributed by atoms with Crippen LogP contribution in [0, 0.1) is 0 Å². The van der Waals surface area contributed by atoms with E-state index in [-0.39, 0.29) is 5.91 Å². The average molecular weight is 403 g/mol. The maximum atomic E-state index is 13.1. The third-order valence-electron chi connectivity index (χ3n) is 6.03. The summed E-state index contributed by atoms with van der Waals surface area (Å²) in [6.07, 6.45) is 7.27. The second-order valence-corrected chi connectivity index (χ2v) is 7.92. The van der Waals surface area contributed by atoms with E-state index in [1.54, 1.807) is 6.20 Å². The summed E-state index contributed by atoms with van der Waals surface area (Å²) in [5.74, 6) is 1.77. The summed E-state index contributed by atoms with van der Waals surface area (Å²) in [4.78, 5) is 33.2. The van der Waals surface area contributed by atoms with Crippen molar-refractivity contribution < 1.29 is 4.79 Å². The van der Waals surface area contributed by atoms with Crippen molar-refractivity contribution in [2.45, 2.75) is 19.3 Å². The predicted molar refractivity (Wildman–Crippen MR) is 118 cm³/mol. The summed E-state index contributed by atoms with van der Waals surface area (Å²) in [6, 6.07) is 11.8. The van der Waals surface area contributed by atoms with Crippen LogP contribution in [0.15, 0.2) is 48.8 Å². The maximum absolute atomic E-state index is 13.1. The molecule has 0 aliphatic carbocycles. The molecule has 0 atom stereocenters. The minimum Gasteiger partial charge on any atom is -0.353 e. The van der Waals surface area contributed by atoms with Gasteiger partial charge in [-0.15, -0.1) is 0 Å². The molecular weight excluding hydrogens is 376 g/mol. The van der Waals surface area contributed by atoms with Crippen molar-refractivity contribution >= 4 is 28.4 Å². The summed E-state index contributed by atoms with van der Waals surface area (Å²) in [7, 11) is 0. The number of carbonyl (C=O) groups excluding carboxylic acids is 1. The molecule has 2 aliphatic rings. The number of rotatable bonds is 3. The van der Waals surface area contributed by atoms with Crippen molar-refractivity contribution in [1.82, 2.24) is 19.9 Å². The lowest BCUT2D eigenvalue weighted by atomic mass is 10.1. The molecule has 2 fully saturated rings. The zero-order valence-corrected chi connectivity index (χ0v) is 17.1. The Labute approximate surface area is 176 Å². The highest BCUT2D eigenvalue weighted by Gasteiger charge is 2.25. The molecule has 0 radical (unpaired) electrons. The fourth-order valence-corrected chi connectivity index (χ4v) is 4.34. The molecule has 30 heavy (non-hydrogen) atoms. The highest BCUT2D eigenvalue weighted by molar-refractivity contribution is 6.05. The van der Waals surface area contributed by atoms with E-state index < -0.39 is 0 Å². The van der Waals surface area contributed by atoms with E-state index in [9.17, 15) is 4.79 Å². The number of piperidine rings is 1. The molecule has 0 saturated carbocycles. The summed E-state index contributed by atoms with van der Waals surface area (Å²) < 4.78 is 0. The van der Waals surface area contributed by atoms with Gasteiger partial charge in [0.25, 0.3) is 5.91 Å². The van der Waals surface area contributed by atoms with Crippen molar-refractivity contribution in [3.63, 3.8) is 0 Å². The summed E-state index contributed by atoms with van der Waals surface area (Å²) in [5, 5.41) is 1.95. The van der Waals surface area contributed by atoms with Gasteiger partial charge in [-0.25, -0.2) is 4.98 Å². The molecule has 3 aromatic rings. The number of anilines is 2. The zero-order valence-electron chi connectivity index (χ0n) is 17.1. The standard InChI is InChI=1S/C23H26N6O/c30-22(21-19-7-3-2-6-18(19)8-10-24-21)28-16-14-27(15-17-28)20-9-11-25-23(26-20)29-12-4-1-5-13-29/h2-3,6-11H,1,4-5,12-17H2. The largest absolute Gasteiger partial charge is 0.353 e. The van der Waals surface area contributed by atoms with E-state index in [2.05, 4.69) is 19.8 Å². The summed E-state index contributed by atoms with van der Waals surface area (Å²) >= 11 is 0. The average Bonchev–Trinajstić information content (AvgIpc) is 2.84. The van der Waals surface area contributed by atoms with E-state index in [0.29, 0.717) is 18.8 Å². The molecule has 0 spiro atoms. The normalized spacial score (nSPS) is 17.4. The Hall–Kier alpha value is -3.22. The molecule has 154 valence electrons. The molecule has 0 bridgehead atoms. The van der Waals surface area contributed by atoms with Crippen LogP contribution in [0.3, 0.4) is 0 Å². The third-order valence-corrected chi connectivity index (χ3v) is 6.03. The lowest BCUT2D eigenvalue weighted by molar-refractivity contribution is 0.0743. The summed E-state index contributed by atoms with van der Waals surface area (Å²) in [6.45, 7) is 4.90. The van der Waals surface area contributed by atoms with Crippen LogP contribution in [-0.2, 0) is 0 Å². The first-order chi connectivity index (χ1) is 14.8. The lowest BCUT2D eigenvalue weighted by Crippen LogP contribution is -2.49. The fraction of sp³-hybridized carbons (Fsp3) is 0.391. The molecule has 7 heteroatoms. The summed E-state index contributed by atoms with van der Waals surface area (Å²) in [5.41, 5.74) is 0.538. The molecule has 2 saturated heterocycles. The van der Waals surface area contributed by atoms with Crippen LogP contribution in [0.4, 0.5) is 11.8 Å². The number of nitrogens with zero attached hydrogens (tertiary/aromatic N) is 6. The van der Waals surface area contributed by atoms with Gasteiger partial charge in [-0.1, -0.05) is 24.3 Å². The van der Waals surface area contributed by atoms with Gasteiger partial charge < -0.3 is 14.7 Å². The highest BCUT2D eigenvalue weighted by atomic mass is 16.2. The number of carbonyl (C=O) groups is 1. The number of piperazine rings is 1. The topological polar surface area (TPSA) is 65.5 Å². The number of pyridine rings is 1. The first-order valence-corrected chi connectivity index (χ1v) is 10.8. The molecule has 4 heterocycles. The molecule has 1 amide bonds. The minimum absolute atomic E-state index is 0.00291. The van der Waals surface area contributed by atoms with Crippen molar-refractivity contribution in [2.24, 2.45) is 0 Å². The van der Waals surface area contributed by atoms with E-state index in [1.807, 2.05) is 47.5 Å². The lowest BCUT2D eigenvalue weighted by Gasteiger charge is -2.36. The van der Waals surface area contributed by atoms with Crippen LogP contribution in [-0.4, -0.2) is 65.0 Å². The van der Waals surface area contributed by atoms with Gasteiger partial charge in [-0.2, -0.15) is 4.98 Å². The molecule has 0 unspecified atom stereocenters. The SMILES string of the molecule is O=C(c1nccc2ccccc12)N1CCN(c2ccnc(N3CCCCC3)n2)CC1. The van der Waals surface area contributed by atoms with Gasteiger partial charge in [0, 0.05) is 57.0 Å². The monoisotopic (exact) mass is 402 g/mol. The number of aromatic nitrogens is 3. The molecule has 7 nitrogen and oxygen atoms in total. The molecular formula is C23H26N6O. The number of amides is 1. The van der Waals surface area contributed by atoms with Crippen LogP contribution in [0.2, 0.25) is 0 Å². The van der Waals surface area contributed by atoms with Crippen LogP contribution < -0.4 is 9.80 Å². The first kappa shape index (κ1) is 18.8. The van der Waals surface area contributed by atoms with E-state index in [1.165, 1.54) is 19.3 Å². The van der Waals surface area contributed by atoms with E-state index >= 15 is 0 Å². The third kappa shape index (κ3) is 3.67. The van der Waals surface area contributed by atoms with Crippen LogP contribution >= 0.6 is 0 Å². The Morgan fingerprint density at radius 2 is 1.53 bits per heavy atom. The molecule has 1 aromatic carbocycles. The predicted octanol–water partition coefficient (Wildman–Crippen LogP) is 2.98. The number of hydrogen-bond donors (Lipinski definition) is 0. The van der Waals surface area contributed by atoms with Gasteiger partial charge in [0.15, 0.2) is 0 Å². The van der Waals surface area contributed by atoms with Gasteiger partial charge in [-0.05, 0) is 36.8 Å². The van der Waals surface area contributed by atoms with Gasteiger partial charge in [0.05, 0.1) is 0 Å². The molecule has 2 aromatic heterocycles. The Balaban J connectivity index is 1.28.